The van der Waals surface area contributed by atoms with E-state index in [0.29, 0.717) is 0 Å². The summed E-state index contributed by atoms with van der Waals surface area (Å²) in [6, 6.07) is 4.08. The number of hydrogen-bond donors (Lipinski definition) is 0. The predicted molar refractivity (Wildman–Crippen MR) is 60.4 cm³/mol. The summed E-state index contributed by atoms with van der Waals surface area (Å²) >= 11 is 0. The lowest BCUT2D eigenvalue weighted by molar-refractivity contribution is 0.0641. The number of rotatable bonds is 2. The Hall–Kier alpha value is -1.35. The first-order valence-electron chi connectivity index (χ1n) is 5.22. The van der Waals surface area contributed by atoms with E-state index in [9.17, 15) is 0 Å². The van der Waals surface area contributed by atoms with Crippen LogP contribution in [0.25, 0.3) is 5.70 Å². The number of aryl methyl sites for hydroxylation is 1. The average molecular weight is 204 g/mol. The van der Waals surface area contributed by atoms with Gasteiger partial charge in [-0.25, -0.2) is 0 Å². The van der Waals surface area contributed by atoms with Gasteiger partial charge in [0.25, 0.3) is 0 Å². The molecule has 2 rings (SSSR count). The van der Waals surface area contributed by atoms with Gasteiger partial charge in [0.05, 0.1) is 13.2 Å². The number of pyridine rings is 1. The number of hydrogen-bond acceptors (Lipinski definition) is 3. The van der Waals surface area contributed by atoms with Gasteiger partial charge in [-0.1, -0.05) is 6.58 Å². The topological polar surface area (TPSA) is 25.4 Å². The quantitative estimate of drug-likeness (QED) is 0.733. The van der Waals surface area contributed by atoms with Crippen molar-refractivity contribution in [1.82, 2.24) is 9.88 Å². The van der Waals surface area contributed by atoms with Crippen molar-refractivity contribution in [2.24, 2.45) is 0 Å². The molecule has 0 N–H and O–H groups in total. The van der Waals surface area contributed by atoms with Crippen LogP contribution >= 0.6 is 0 Å². The van der Waals surface area contributed by atoms with Crippen LogP contribution < -0.4 is 0 Å². The lowest BCUT2D eigenvalue weighted by Gasteiger charge is -2.30. The molecule has 2 heterocycles. The van der Waals surface area contributed by atoms with Gasteiger partial charge in [0.15, 0.2) is 0 Å². The van der Waals surface area contributed by atoms with E-state index in [1.165, 1.54) is 0 Å². The fraction of sp³-hybridized carbons (Fsp3) is 0.417. The first-order valence-corrected chi connectivity index (χ1v) is 5.22. The van der Waals surface area contributed by atoms with Crippen LogP contribution in [0, 0.1) is 6.92 Å². The Bertz CT molecular complexity index is 339. The molecule has 1 aliphatic rings. The molecule has 0 unspecified atom stereocenters. The molecule has 1 aromatic heterocycles. The molecule has 3 heteroatoms. The zero-order chi connectivity index (χ0) is 10.7. The second kappa shape index (κ2) is 4.45. The van der Waals surface area contributed by atoms with Crippen molar-refractivity contribution in [1.29, 1.82) is 0 Å². The molecule has 80 valence electrons. The second-order valence-electron chi connectivity index (χ2n) is 3.73. The van der Waals surface area contributed by atoms with Crippen molar-refractivity contribution in [3.63, 3.8) is 0 Å². The predicted octanol–water partition coefficient (Wildman–Crippen LogP) is 1.69. The van der Waals surface area contributed by atoms with Gasteiger partial charge in [0, 0.05) is 36.2 Å². The fourth-order valence-electron chi connectivity index (χ4n) is 1.65. The Kier molecular flexibility index (Phi) is 3.02. The molecule has 0 atom stereocenters. The zero-order valence-electron chi connectivity index (χ0n) is 9.07. The monoisotopic (exact) mass is 204 g/mol. The van der Waals surface area contributed by atoms with Crippen LogP contribution in [0.1, 0.15) is 11.3 Å². The molecule has 0 aliphatic carbocycles. The van der Waals surface area contributed by atoms with Gasteiger partial charge in [-0.05, 0) is 19.1 Å². The highest BCUT2D eigenvalue weighted by atomic mass is 16.5. The summed E-state index contributed by atoms with van der Waals surface area (Å²) in [5.74, 6) is 0. The van der Waals surface area contributed by atoms with E-state index in [2.05, 4.69) is 22.5 Å². The molecule has 1 aromatic rings. The van der Waals surface area contributed by atoms with Gasteiger partial charge in [-0.2, -0.15) is 0 Å². The highest BCUT2D eigenvalue weighted by Crippen LogP contribution is 2.17. The summed E-state index contributed by atoms with van der Waals surface area (Å²) in [4.78, 5) is 6.52. The summed E-state index contributed by atoms with van der Waals surface area (Å²) in [7, 11) is 0. The molecule has 0 aromatic carbocycles. The van der Waals surface area contributed by atoms with Gasteiger partial charge in [-0.3, -0.25) is 4.98 Å². The first-order chi connectivity index (χ1) is 7.27. The van der Waals surface area contributed by atoms with Gasteiger partial charge >= 0.3 is 0 Å². The Labute approximate surface area is 90.4 Å². The molecule has 0 spiro atoms. The molecular formula is C12H16N2O. The lowest BCUT2D eigenvalue weighted by atomic mass is 10.2. The minimum absolute atomic E-state index is 0.790. The van der Waals surface area contributed by atoms with E-state index in [0.717, 1.165) is 43.3 Å². The molecule has 0 bridgehead atoms. The number of morpholine rings is 1. The summed E-state index contributed by atoms with van der Waals surface area (Å²) in [5.41, 5.74) is 3.18. The second-order valence-corrected chi connectivity index (χ2v) is 3.73. The van der Waals surface area contributed by atoms with E-state index in [1.807, 2.05) is 19.2 Å². The third kappa shape index (κ3) is 2.36. The van der Waals surface area contributed by atoms with Gasteiger partial charge < -0.3 is 9.64 Å². The van der Waals surface area contributed by atoms with Crippen molar-refractivity contribution >= 4 is 5.70 Å². The Morgan fingerprint density at radius 1 is 1.40 bits per heavy atom. The van der Waals surface area contributed by atoms with Gasteiger partial charge in [0.1, 0.15) is 0 Å². The molecule has 15 heavy (non-hydrogen) atoms. The Morgan fingerprint density at radius 2 is 2.13 bits per heavy atom. The molecule has 1 fully saturated rings. The maximum Gasteiger partial charge on any atom is 0.0642 e. The van der Waals surface area contributed by atoms with Crippen LogP contribution in [0.4, 0.5) is 0 Å². The highest BCUT2D eigenvalue weighted by molar-refractivity contribution is 5.61. The molecule has 0 amide bonds. The number of aromatic nitrogens is 1. The zero-order valence-corrected chi connectivity index (χ0v) is 9.07. The molecule has 0 saturated carbocycles. The Morgan fingerprint density at radius 3 is 2.73 bits per heavy atom. The standard InChI is InChI=1S/C12H16N2O/c1-10-3-4-12(9-13-10)11(2)14-5-7-15-8-6-14/h3-4,9H,2,5-8H2,1H3. The van der Waals surface area contributed by atoms with Crippen LogP contribution in [0.3, 0.4) is 0 Å². The van der Waals surface area contributed by atoms with E-state index in [1.54, 1.807) is 0 Å². The molecule has 3 nitrogen and oxygen atoms in total. The van der Waals surface area contributed by atoms with Crippen molar-refractivity contribution in [3.05, 3.63) is 36.2 Å². The van der Waals surface area contributed by atoms with Crippen molar-refractivity contribution in [2.75, 3.05) is 26.3 Å². The largest absolute Gasteiger partial charge is 0.378 e. The van der Waals surface area contributed by atoms with Crippen LogP contribution in [0.15, 0.2) is 24.9 Å². The minimum Gasteiger partial charge on any atom is -0.378 e. The number of nitrogens with zero attached hydrogens (tertiary/aromatic N) is 2. The maximum atomic E-state index is 5.31. The van der Waals surface area contributed by atoms with E-state index in [-0.39, 0.29) is 0 Å². The van der Waals surface area contributed by atoms with Crippen molar-refractivity contribution in [2.45, 2.75) is 6.92 Å². The molecule has 0 radical (unpaired) electrons. The highest BCUT2D eigenvalue weighted by Gasteiger charge is 2.13. The van der Waals surface area contributed by atoms with Crippen LogP contribution in [0.5, 0.6) is 0 Å². The first kappa shape index (κ1) is 10.2. The van der Waals surface area contributed by atoms with Crippen LogP contribution in [-0.2, 0) is 4.74 Å². The Balaban J connectivity index is 2.09. The van der Waals surface area contributed by atoms with Crippen LogP contribution in [-0.4, -0.2) is 36.2 Å². The van der Waals surface area contributed by atoms with E-state index in [4.69, 9.17) is 4.74 Å². The third-order valence-electron chi connectivity index (χ3n) is 2.64. The van der Waals surface area contributed by atoms with Crippen LogP contribution in [0.2, 0.25) is 0 Å². The summed E-state index contributed by atoms with van der Waals surface area (Å²) in [6.07, 6.45) is 1.88. The fourth-order valence-corrected chi connectivity index (χ4v) is 1.65. The average Bonchev–Trinajstić information content (AvgIpc) is 2.30. The van der Waals surface area contributed by atoms with Gasteiger partial charge in [0.2, 0.25) is 0 Å². The van der Waals surface area contributed by atoms with E-state index < -0.39 is 0 Å². The minimum atomic E-state index is 0.790. The summed E-state index contributed by atoms with van der Waals surface area (Å²) in [5, 5.41) is 0. The molecule has 1 aliphatic heterocycles. The van der Waals surface area contributed by atoms with E-state index >= 15 is 0 Å². The molecule has 1 saturated heterocycles. The van der Waals surface area contributed by atoms with Crippen molar-refractivity contribution < 1.29 is 4.74 Å². The van der Waals surface area contributed by atoms with Crippen molar-refractivity contribution in [3.8, 4) is 0 Å². The summed E-state index contributed by atoms with van der Waals surface area (Å²) in [6.45, 7) is 9.52. The van der Waals surface area contributed by atoms with Gasteiger partial charge in [-0.15, -0.1) is 0 Å². The normalized spacial score (nSPS) is 16.5. The SMILES string of the molecule is C=C(c1ccc(C)nc1)N1CCOCC1. The smallest absolute Gasteiger partial charge is 0.0642 e. The maximum absolute atomic E-state index is 5.31. The molecular weight excluding hydrogens is 188 g/mol. The summed E-state index contributed by atoms with van der Waals surface area (Å²) < 4.78 is 5.31. The lowest BCUT2D eigenvalue weighted by Crippen LogP contribution is -2.34. The number of ether oxygens (including phenoxy) is 1. The third-order valence-corrected chi connectivity index (χ3v) is 2.64.